The van der Waals surface area contributed by atoms with Crippen molar-refractivity contribution >= 4 is 5.97 Å². The van der Waals surface area contributed by atoms with Gasteiger partial charge in [0.25, 0.3) is 0 Å². The highest BCUT2D eigenvalue weighted by atomic mass is 16.5. The third-order valence-electron chi connectivity index (χ3n) is 2.84. The maximum atomic E-state index is 11.7. The number of rotatable bonds is 5. The molecule has 0 fully saturated rings. The second-order valence-electron chi connectivity index (χ2n) is 4.53. The first-order valence-corrected chi connectivity index (χ1v) is 6.40. The third kappa shape index (κ3) is 3.95. The van der Waals surface area contributed by atoms with E-state index in [0.717, 1.165) is 23.2 Å². The van der Waals surface area contributed by atoms with Crippen LogP contribution < -0.4 is 0 Å². The van der Waals surface area contributed by atoms with Crippen LogP contribution in [0.2, 0.25) is 0 Å². The quantitative estimate of drug-likeness (QED) is 0.774. The van der Waals surface area contributed by atoms with Gasteiger partial charge in [0, 0.05) is 18.3 Å². The molecular weight excluding hydrogens is 240 g/mol. The van der Waals surface area contributed by atoms with Gasteiger partial charge in [-0.1, -0.05) is 29.8 Å². The molecule has 0 spiro atoms. The largest absolute Gasteiger partial charge is 0.461 e. The number of carbonyl (C=O) groups excluding carboxylic acids is 1. The molecule has 2 rings (SSSR count). The Kier molecular flexibility index (Phi) is 4.34. The van der Waals surface area contributed by atoms with Crippen LogP contribution in [0.15, 0.2) is 36.7 Å². The molecule has 0 aliphatic rings. The van der Waals surface area contributed by atoms with Crippen LogP contribution in [0.3, 0.4) is 0 Å². The number of nitrogens with zero attached hydrogens (tertiary/aromatic N) is 2. The van der Waals surface area contributed by atoms with Crippen LogP contribution in [0.5, 0.6) is 0 Å². The van der Waals surface area contributed by atoms with E-state index in [4.69, 9.17) is 4.74 Å². The van der Waals surface area contributed by atoms with E-state index in [1.54, 1.807) is 10.9 Å². The highest BCUT2D eigenvalue weighted by molar-refractivity contribution is 5.72. The van der Waals surface area contributed by atoms with Gasteiger partial charge >= 0.3 is 5.97 Å². The first-order chi connectivity index (χ1) is 9.17. The summed E-state index contributed by atoms with van der Waals surface area (Å²) in [5, 5.41) is 4.13. The summed E-state index contributed by atoms with van der Waals surface area (Å²) in [5.41, 5.74) is 3.06. The third-order valence-corrected chi connectivity index (χ3v) is 2.84. The van der Waals surface area contributed by atoms with Crippen molar-refractivity contribution in [1.29, 1.82) is 0 Å². The minimum atomic E-state index is -0.225. The minimum absolute atomic E-state index is 0.225. The maximum Gasteiger partial charge on any atom is 0.310 e. The van der Waals surface area contributed by atoms with Crippen molar-refractivity contribution in [2.45, 2.75) is 33.4 Å². The van der Waals surface area contributed by atoms with Crippen LogP contribution in [0.4, 0.5) is 0 Å². The predicted molar refractivity (Wildman–Crippen MR) is 72.6 cm³/mol. The number of hydrogen-bond acceptors (Lipinski definition) is 3. The van der Waals surface area contributed by atoms with Gasteiger partial charge in [-0.05, 0) is 19.4 Å². The fraction of sp³-hybridized carbons (Fsp3) is 0.333. The van der Waals surface area contributed by atoms with Gasteiger partial charge in [0.1, 0.15) is 6.61 Å². The number of benzene rings is 1. The summed E-state index contributed by atoms with van der Waals surface area (Å²) in [6.07, 6.45) is 3.84. The van der Waals surface area contributed by atoms with E-state index >= 15 is 0 Å². The van der Waals surface area contributed by atoms with Gasteiger partial charge in [-0.3, -0.25) is 9.48 Å². The maximum absolute atomic E-state index is 11.7. The first-order valence-electron chi connectivity index (χ1n) is 6.40. The lowest BCUT2D eigenvalue weighted by molar-refractivity contribution is -0.144. The van der Waals surface area contributed by atoms with Crippen LogP contribution in [0.25, 0.3) is 0 Å². The predicted octanol–water partition coefficient (Wildman–Crippen LogP) is 2.50. The Morgan fingerprint density at radius 3 is 2.89 bits per heavy atom. The summed E-state index contributed by atoms with van der Waals surface area (Å²) in [4.78, 5) is 11.7. The second kappa shape index (κ2) is 6.18. The van der Waals surface area contributed by atoms with Crippen molar-refractivity contribution < 1.29 is 9.53 Å². The van der Waals surface area contributed by atoms with Crippen LogP contribution in [-0.2, 0) is 29.1 Å². The lowest BCUT2D eigenvalue weighted by atomic mass is 10.1. The lowest BCUT2D eigenvalue weighted by Gasteiger charge is -2.04. The molecule has 0 radical (unpaired) electrons. The molecule has 1 aromatic heterocycles. The van der Waals surface area contributed by atoms with Gasteiger partial charge in [0.15, 0.2) is 0 Å². The van der Waals surface area contributed by atoms with Crippen molar-refractivity contribution in [3.05, 3.63) is 53.3 Å². The Labute approximate surface area is 113 Å². The van der Waals surface area contributed by atoms with E-state index in [0.29, 0.717) is 6.61 Å². The zero-order chi connectivity index (χ0) is 13.7. The Bertz CT molecular complexity index is 561. The standard InChI is InChI=1S/C15H18N2O2/c1-3-17-10-14(9-16-17)8-15(18)19-11-13-6-4-5-12(2)7-13/h4-7,9-10H,3,8,11H2,1-2H3. The summed E-state index contributed by atoms with van der Waals surface area (Å²) in [6, 6.07) is 7.95. The second-order valence-corrected chi connectivity index (χ2v) is 4.53. The molecule has 0 atom stereocenters. The molecule has 0 aliphatic heterocycles. The van der Waals surface area contributed by atoms with Gasteiger partial charge in [-0.25, -0.2) is 0 Å². The molecule has 0 N–H and O–H groups in total. The number of hydrogen-bond donors (Lipinski definition) is 0. The molecule has 1 heterocycles. The van der Waals surface area contributed by atoms with Crippen LogP contribution in [0.1, 0.15) is 23.6 Å². The molecule has 4 heteroatoms. The molecular formula is C15H18N2O2. The molecule has 2 aromatic rings. The zero-order valence-corrected chi connectivity index (χ0v) is 11.3. The molecule has 0 bridgehead atoms. The van der Waals surface area contributed by atoms with Gasteiger partial charge in [0.05, 0.1) is 12.6 Å². The Morgan fingerprint density at radius 1 is 1.37 bits per heavy atom. The fourth-order valence-electron chi connectivity index (χ4n) is 1.85. The topological polar surface area (TPSA) is 44.1 Å². The lowest BCUT2D eigenvalue weighted by Crippen LogP contribution is -2.07. The normalized spacial score (nSPS) is 10.4. The minimum Gasteiger partial charge on any atom is -0.461 e. The smallest absolute Gasteiger partial charge is 0.310 e. The van der Waals surface area contributed by atoms with E-state index in [9.17, 15) is 4.79 Å². The van der Waals surface area contributed by atoms with Crippen LogP contribution in [-0.4, -0.2) is 15.7 Å². The molecule has 0 unspecified atom stereocenters. The van der Waals surface area contributed by atoms with Gasteiger partial charge in [-0.2, -0.15) is 5.10 Å². The van der Waals surface area contributed by atoms with Gasteiger partial charge in [-0.15, -0.1) is 0 Å². The van der Waals surface area contributed by atoms with E-state index in [1.807, 2.05) is 44.3 Å². The fourth-order valence-corrected chi connectivity index (χ4v) is 1.85. The number of ether oxygens (including phenoxy) is 1. The Balaban J connectivity index is 1.84. The van der Waals surface area contributed by atoms with Crippen molar-refractivity contribution in [3.63, 3.8) is 0 Å². The number of aryl methyl sites for hydroxylation is 2. The Hall–Kier alpha value is -2.10. The molecule has 0 saturated carbocycles. The highest BCUT2D eigenvalue weighted by Gasteiger charge is 2.07. The highest BCUT2D eigenvalue weighted by Crippen LogP contribution is 2.07. The molecule has 0 saturated heterocycles. The zero-order valence-electron chi connectivity index (χ0n) is 11.3. The molecule has 100 valence electrons. The van der Waals surface area contributed by atoms with Crippen molar-refractivity contribution in [1.82, 2.24) is 9.78 Å². The molecule has 0 aliphatic carbocycles. The summed E-state index contributed by atoms with van der Waals surface area (Å²) in [5.74, 6) is -0.225. The molecule has 19 heavy (non-hydrogen) atoms. The summed E-state index contributed by atoms with van der Waals surface area (Å²) >= 11 is 0. The van der Waals surface area contributed by atoms with Gasteiger partial charge in [0.2, 0.25) is 0 Å². The van der Waals surface area contributed by atoms with E-state index in [-0.39, 0.29) is 12.4 Å². The SMILES string of the molecule is CCn1cc(CC(=O)OCc2cccc(C)c2)cn1. The summed E-state index contributed by atoms with van der Waals surface area (Å²) < 4.78 is 7.05. The van der Waals surface area contributed by atoms with E-state index in [2.05, 4.69) is 5.10 Å². The van der Waals surface area contributed by atoms with E-state index < -0.39 is 0 Å². The Morgan fingerprint density at radius 2 is 2.21 bits per heavy atom. The average Bonchev–Trinajstić information content (AvgIpc) is 2.84. The summed E-state index contributed by atoms with van der Waals surface area (Å²) in [6.45, 7) is 5.15. The molecule has 1 aromatic carbocycles. The average molecular weight is 258 g/mol. The monoisotopic (exact) mass is 258 g/mol. The number of carbonyl (C=O) groups is 1. The van der Waals surface area contributed by atoms with Crippen molar-refractivity contribution in [2.75, 3.05) is 0 Å². The number of esters is 1. The van der Waals surface area contributed by atoms with Gasteiger partial charge < -0.3 is 4.74 Å². The molecule has 0 amide bonds. The first kappa shape index (κ1) is 13.3. The summed E-state index contributed by atoms with van der Waals surface area (Å²) in [7, 11) is 0. The van der Waals surface area contributed by atoms with Crippen molar-refractivity contribution in [3.8, 4) is 0 Å². The number of aromatic nitrogens is 2. The van der Waals surface area contributed by atoms with Crippen LogP contribution in [0, 0.1) is 6.92 Å². The molecule has 4 nitrogen and oxygen atoms in total. The van der Waals surface area contributed by atoms with Crippen molar-refractivity contribution in [2.24, 2.45) is 0 Å². The van der Waals surface area contributed by atoms with Crippen LogP contribution >= 0.6 is 0 Å². The van der Waals surface area contributed by atoms with E-state index in [1.165, 1.54) is 0 Å².